The van der Waals surface area contributed by atoms with Gasteiger partial charge >= 0.3 is 0 Å². The third-order valence-electron chi connectivity index (χ3n) is 4.42. The van der Waals surface area contributed by atoms with Gasteiger partial charge in [-0.3, -0.25) is 0 Å². The van der Waals surface area contributed by atoms with Gasteiger partial charge in [0.1, 0.15) is 0 Å². The van der Waals surface area contributed by atoms with Gasteiger partial charge in [0.05, 0.1) is 0 Å². The van der Waals surface area contributed by atoms with Crippen LogP contribution in [0.4, 0.5) is 5.95 Å². The first-order valence-corrected chi connectivity index (χ1v) is 7.12. The molecule has 0 amide bonds. The van der Waals surface area contributed by atoms with Crippen molar-refractivity contribution < 1.29 is 0 Å². The smallest absolute Gasteiger partial charge is 0.245 e. The quantitative estimate of drug-likeness (QED) is 0.834. The molecule has 2 saturated heterocycles. The van der Waals surface area contributed by atoms with Crippen molar-refractivity contribution in [3.8, 4) is 0 Å². The molecule has 4 heterocycles. The molecule has 2 aliphatic rings. The molecule has 1 N–H and O–H groups in total. The zero-order valence-electron chi connectivity index (χ0n) is 11.2. The fraction of sp³-hybridized carbons (Fsp3) is 0.571. The predicted octanol–water partition coefficient (Wildman–Crippen LogP) is 1.23. The van der Waals surface area contributed by atoms with Crippen molar-refractivity contribution >= 4 is 11.6 Å². The molecule has 0 saturated carbocycles. The maximum atomic E-state index is 4.66. The lowest BCUT2D eigenvalue weighted by atomic mass is 9.94. The molecular formula is C14H19N5. The largest absolute Gasteiger partial charge is 0.338 e. The Balaban J connectivity index is 1.66. The summed E-state index contributed by atoms with van der Waals surface area (Å²) in [7, 11) is 0. The van der Waals surface area contributed by atoms with Crippen molar-refractivity contribution in [2.75, 3.05) is 24.5 Å². The SMILES string of the molecule is Cc1cccc2nc(N3CC4CCCNC4C3)nn12. The summed E-state index contributed by atoms with van der Waals surface area (Å²) < 4.78 is 1.94. The van der Waals surface area contributed by atoms with Crippen LogP contribution in [-0.2, 0) is 0 Å². The summed E-state index contributed by atoms with van der Waals surface area (Å²) in [5, 5.41) is 8.28. The summed E-state index contributed by atoms with van der Waals surface area (Å²) in [5.74, 6) is 1.65. The highest BCUT2D eigenvalue weighted by Crippen LogP contribution is 2.27. The molecule has 2 aromatic heterocycles. The lowest BCUT2D eigenvalue weighted by molar-refractivity contribution is 0.340. The molecule has 2 atom stereocenters. The lowest BCUT2D eigenvalue weighted by Crippen LogP contribution is -2.40. The van der Waals surface area contributed by atoms with E-state index in [4.69, 9.17) is 0 Å². The molecule has 100 valence electrons. The van der Waals surface area contributed by atoms with Gasteiger partial charge in [-0.2, -0.15) is 4.98 Å². The summed E-state index contributed by atoms with van der Waals surface area (Å²) in [4.78, 5) is 7.00. The van der Waals surface area contributed by atoms with Crippen molar-refractivity contribution in [3.05, 3.63) is 23.9 Å². The Morgan fingerprint density at radius 3 is 3.11 bits per heavy atom. The molecular weight excluding hydrogens is 238 g/mol. The van der Waals surface area contributed by atoms with Crippen molar-refractivity contribution in [2.45, 2.75) is 25.8 Å². The molecule has 2 unspecified atom stereocenters. The van der Waals surface area contributed by atoms with Crippen LogP contribution in [0.15, 0.2) is 18.2 Å². The Kier molecular flexibility index (Phi) is 2.48. The second-order valence-electron chi connectivity index (χ2n) is 5.72. The average molecular weight is 257 g/mol. The predicted molar refractivity (Wildman–Crippen MR) is 74.5 cm³/mol. The average Bonchev–Trinajstić information content (AvgIpc) is 3.02. The van der Waals surface area contributed by atoms with E-state index in [1.807, 2.05) is 16.6 Å². The van der Waals surface area contributed by atoms with Crippen LogP contribution in [0.25, 0.3) is 5.65 Å². The second kappa shape index (κ2) is 4.20. The number of hydrogen-bond acceptors (Lipinski definition) is 4. The summed E-state index contributed by atoms with van der Waals surface area (Å²) in [6.45, 7) is 5.36. The van der Waals surface area contributed by atoms with Crippen LogP contribution >= 0.6 is 0 Å². The van der Waals surface area contributed by atoms with E-state index in [0.717, 1.165) is 42.8 Å². The molecule has 2 aromatic rings. The molecule has 0 radical (unpaired) electrons. The van der Waals surface area contributed by atoms with Crippen molar-refractivity contribution in [1.29, 1.82) is 0 Å². The van der Waals surface area contributed by atoms with E-state index in [1.54, 1.807) is 0 Å². The zero-order valence-corrected chi connectivity index (χ0v) is 11.2. The van der Waals surface area contributed by atoms with Crippen LogP contribution in [0.2, 0.25) is 0 Å². The molecule has 5 heteroatoms. The number of nitrogens with one attached hydrogen (secondary N) is 1. The Labute approximate surface area is 112 Å². The maximum Gasteiger partial charge on any atom is 0.245 e. The molecule has 4 rings (SSSR count). The molecule has 19 heavy (non-hydrogen) atoms. The number of anilines is 1. The Hall–Kier alpha value is -1.62. The van der Waals surface area contributed by atoms with Gasteiger partial charge in [-0.25, -0.2) is 4.52 Å². The summed E-state index contributed by atoms with van der Waals surface area (Å²) in [5.41, 5.74) is 2.07. The highest BCUT2D eigenvalue weighted by atomic mass is 15.4. The topological polar surface area (TPSA) is 45.5 Å². The lowest BCUT2D eigenvalue weighted by Gasteiger charge is -2.24. The van der Waals surface area contributed by atoms with Crippen LogP contribution in [0.3, 0.4) is 0 Å². The van der Waals surface area contributed by atoms with Crippen LogP contribution in [-0.4, -0.2) is 40.3 Å². The molecule has 5 nitrogen and oxygen atoms in total. The van der Waals surface area contributed by atoms with Crippen LogP contribution < -0.4 is 10.2 Å². The van der Waals surface area contributed by atoms with Crippen molar-refractivity contribution in [1.82, 2.24) is 19.9 Å². The van der Waals surface area contributed by atoms with Gasteiger partial charge < -0.3 is 10.2 Å². The molecule has 2 fully saturated rings. The monoisotopic (exact) mass is 257 g/mol. The summed E-state index contributed by atoms with van der Waals surface area (Å²) in [6.07, 6.45) is 2.63. The van der Waals surface area contributed by atoms with Gasteiger partial charge in [0.2, 0.25) is 5.95 Å². The Bertz CT molecular complexity index is 591. The molecule has 0 bridgehead atoms. The highest BCUT2D eigenvalue weighted by molar-refractivity contribution is 5.46. The minimum Gasteiger partial charge on any atom is -0.338 e. The van der Waals surface area contributed by atoms with E-state index in [0.29, 0.717) is 6.04 Å². The van der Waals surface area contributed by atoms with Crippen molar-refractivity contribution in [2.24, 2.45) is 5.92 Å². The minimum atomic E-state index is 0.626. The van der Waals surface area contributed by atoms with Crippen LogP contribution in [0.1, 0.15) is 18.5 Å². The first kappa shape index (κ1) is 11.2. The van der Waals surface area contributed by atoms with Gasteiger partial charge in [0.15, 0.2) is 5.65 Å². The first-order valence-electron chi connectivity index (χ1n) is 7.12. The summed E-state index contributed by atoms with van der Waals surface area (Å²) in [6, 6.07) is 6.75. The fourth-order valence-corrected chi connectivity index (χ4v) is 3.37. The van der Waals surface area contributed by atoms with Gasteiger partial charge in [-0.05, 0) is 44.4 Å². The van der Waals surface area contributed by atoms with Gasteiger partial charge in [-0.15, -0.1) is 5.10 Å². The number of pyridine rings is 1. The van der Waals surface area contributed by atoms with Gasteiger partial charge in [0, 0.05) is 24.8 Å². The second-order valence-corrected chi connectivity index (χ2v) is 5.72. The third kappa shape index (κ3) is 1.80. The highest BCUT2D eigenvalue weighted by Gasteiger charge is 2.35. The Morgan fingerprint density at radius 1 is 1.32 bits per heavy atom. The normalized spacial score (nSPS) is 26.9. The first-order chi connectivity index (χ1) is 9.31. The standard InChI is InChI=1S/C14H19N5/c1-10-4-2-6-13-16-14(17-19(10)13)18-8-11-5-3-7-15-12(11)9-18/h2,4,6,11-12,15H,3,5,7-9H2,1H3. The van der Waals surface area contributed by atoms with Gasteiger partial charge in [0.25, 0.3) is 0 Å². The number of fused-ring (bicyclic) bond motifs is 2. The molecule has 0 aromatic carbocycles. The van der Waals surface area contributed by atoms with Crippen LogP contribution in [0.5, 0.6) is 0 Å². The number of rotatable bonds is 1. The minimum absolute atomic E-state index is 0.626. The number of nitrogens with zero attached hydrogens (tertiary/aromatic N) is 4. The van der Waals surface area contributed by atoms with Crippen molar-refractivity contribution in [3.63, 3.8) is 0 Å². The zero-order chi connectivity index (χ0) is 12.8. The number of aromatic nitrogens is 3. The van der Waals surface area contributed by atoms with Gasteiger partial charge in [-0.1, -0.05) is 6.07 Å². The summed E-state index contributed by atoms with van der Waals surface area (Å²) >= 11 is 0. The van der Waals surface area contributed by atoms with E-state index >= 15 is 0 Å². The third-order valence-corrected chi connectivity index (χ3v) is 4.42. The van der Waals surface area contributed by atoms with E-state index in [2.05, 4.69) is 33.3 Å². The van der Waals surface area contributed by atoms with E-state index in [9.17, 15) is 0 Å². The van der Waals surface area contributed by atoms with E-state index in [1.165, 1.54) is 12.8 Å². The number of hydrogen-bond donors (Lipinski definition) is 1. The molecule has 0 aliphatic carbocycles. The van der Waals surface area contributed by atoms with E-state index in [-0.39, 0.29) is 0 Å². The maximum absolute atomic E-state index is 4.66. The molecule has 0 spiro atoms. The Morgan fingerprint density at radius 2 is 2.26 bits per heavy atom. The number of aryl methyl sites for hydroxylation is 1. The van der Waals surface area contributed by atoms with Crippen LogP contribution in [0, 0.1) is 12.8 Å². The fourth-order valence-electron chi connectivity index (χ4n) is 3.37. The van der Waals surface area contributed by atoms with E-state index < -0.39 is 0 Å². The number of piperidine rings is 1. The molecule has 2 aliphatic heterocycles.